The number of hydrogen-bond acceptors (Lipinski definition) is 3. The maximum Gasteiger partial charge on any atom is 0.110 e. The summed E-state index contributed by atoms with van der Waals surface area (Å²) in [4.78, 5) is 4.48. The average Bonchev–Trinajstić information content (AvgIpc) is 2.52. The van der Waals surface area contributed by atoms with Crippen molar-refractivity contribution in [3.63, 3.8) is 0 Å². The lowest BCUT2D eigenvalue weighted by atomic mass is 10.2. The Morgan fingerprint density at radius 2 is 2.21 bits per heavy atom. The molecule has 0 saturated heterocycles. The molecule has 0 amide bonds. The highest BCUT2D eigenvalue weighted by Gasteiger charge is 2.11. The maximum absolute atomic E-state index is 4.48. The molecule has 0 aliphatic heterocycles. The van der Waals surface area contributed by atoms with Gasteiger partial charge in [-0.1, -0.05) is 13.3 Å². The minimum absolute atomic E-state index is 0.384. The number of aryl methyl sites for hydroxylation is 1. The molecule has 2 unspecified atom stereocenters. The smallest absolute Gasteiger partial charge is 0.110 e. The Morgan fingerprint density at radius 1 is 1.50 bits per heavy atom. The van der Waals surface area contributed by atoms with Gasteiger partial charge in [0.25, 0.3) is 0 Å². The highest BCUT2D eigenvalue weighted by Crippen LogP contribution is 2.18. The summed E-state index contributed by atoms with van der Waals surface area (Å²) in [6.07, 6.45) is 2.46. The number of hydrogen-bond donors (Lipinski definition) is 1. The SMILES string of the molecule is CCCC(C)NC(C)c1nc(C)cs1. The largest absolute Gasteiger partial charge is 0.306 e. The van der Waals surface area contributed by atoms with Gasteiger partial charge in [0.15, 0.2) is 0 Å². The summed E-state index contributed by atoms with van der Waals surface area (Å²) in [5, 5.41) is 6.87. The van der Waals surface area contributed by atoms with Gasteiger partial charge < -0.3 is 5.32 Å². The molecule has 14 heavy (non-hydrogen) atoms. The lowest BCUT2D eigenvalue weighted by Gasteiger charge is -2.17. The van der Waals surface area contributed by atoms with Gasteiger partial charge >= 0.3 is 0 Å². The van der Waals surface area contributed by atoms with Crippen LogP contribution in [0.4, 0.5) is 0 Å². The molecule has 0 aliphatic rings. The van der Waals surface area contributed by atoms with Crippen molar-refractivity contribution in [2.24, 2.45) is 0 Å². The van der Waals surface area contributed by atoms with Crippen molar-refractivity contribution in [2.75, 3.05) is 0 Å². The van der Waals surface area contributed by atoms with Crippen molar-refractivity contribution in [1.29, 1.82) is 0 Å². The van der Waals surface area contributed by atoms with E-state index >= 15 is 0 Å². The molecule has 3 heteroatoms. The van der Waals surface area contributed by atoms with E-state index < -0.39 is 0 Å². The van der Waals surface area contributed by atoms with Crippen molar-refractivity contribution < 1.29 is 0 Å². The van der Waals surface area contributed by atoms with Crippen LogP contribution < -0.4 is 5.32 Å². The molecule has 2 atom stereocenters. The zero-order valence-corrected chi connectivity index (χ0v) is 10.3. The average molecular weight is 212 g/mol. The molecule has 1 N–H and O–H groups in total. The summed E-state index contributed by atoms with van der Waals surface area (Å²) >= 11 is 1.74. The van der Waals surface area contributed by atoms with Gasteiger partial charge in [-0.3, -0.25) is 0 Å². The zero-order valence-electron chi connectivity index (χ0n) is 9.50. The highest BCUT2D eigenvalue weighted by atomic mass is 32.1. The van der Waals surface area contributed by atoms with Crippen LogP contribution in [0, 0.1) is 6.92 Å². The maximum atomic E-state index is 4.48. The molecule has 80 valence electrons. The summed E-state index contributed by atoms with van der Waals surface area (Å²) in [5.41, 5.74) is 1.13. The third-order valence-electron chi connectivity index (χ3n) is 2.26. The number of rotatable bonds is 5. The second kappa shape index (κ2) is 5.47. The van der Waals surface area contributed by atoms with Crippen LogP contribution in [0.5, 0.6) is 0 Å². The minimum Gasteiger partial charge on any atom is -0.306 e. The van der Waals surface area contributed by atoms with E-state index in [0.29, 0.717) is 12.1 Å². The molecule has 0 radical (unpaired) electrons. The quantitative estimate of drug-likeness (QED) is 0.810. The molecule has 0 saturated carbocycles. The molecule has 0 fully saturated rings. The second-order valence-electron chi connectivity index (χ2n) is 3.91. The number of nitrogens with one attached hydrogen (secondary N) is 1. The molecule has 0 spiro atoms. The summed E-state index contributed by atoms with van der Waals surface area (Å²) < 4.78 is 0. The summed E-state index contributed by atoms with van der Waals surface area (Å²) in [5.74, 6) is 0. The van der Waals surface area contributed by atoms with Gasteiger partial charge in [0.2, 0.25) is 0 Å². The zero-order chi connectivity index (χ0) is 10.6. The fourth-order valence-corrected chi connectivity index (χ4v) is 2.40. The summed E-state index contributed by atoms with van der Waals surface area (Å²) in [6, 6.07) is 0.967. The Hall–Kier alpha value is -0.410. The lowest BCUT2D eigenvalue weighted by Crippen LogP contribution is -2.28. The van der Waals surface area contributed by atoms with Crippen LogP contribution in [0.2, 0.25) is 0 Å². The normalized spacial score (nSPS) is 15.4. The number of nitrogens with zero attached hydrogens (tertiary/aromatic N) is 1. The highest BCUT2D eigenvalue weighted by molar-refractivity contribution is 7.09. The number of aromatic nitrogens is 1. The molecular formula is C11H20N2S. The van der Waals surface area contributed by atoms with Crippen molar-refractivity contribution >= 4 is 11.3 Å². The molecule has 2 nitrogen and oxygen atoms in total. The van der Waals surface area contributed by atoms with E-state index in [4.69, 9.17) is 0 Å². The molecule has 0 bridgehead atoms. The molecule has 0 aromatic carbocycles. The first-order valence-corrected chi connectivity index (χ1v) is 6.19. The van der Waals surface area contributed by atoms with Crippen molar-refractivity contribution in [3.05, 3.63) is 16.1 Å². The molecule has 1 heterocycles. The topological polar surface area (TPSA) is 24.9 Å². The minimum atomic E-state index is 0.384. The van der Waals surface area contributed by atoms with E-state index in [1.807, 2.05) is 6.92 Å². The molecule has 1 rings (SSSR count). The van der Waals surface area contributed by atoms with Gasteiger partial charge in [-0.15, -0.1) is 11.3 Å². The first-order valence-electron chi connectivity index (χ1n) is 5.31. The number of thiazole rings is 1. The third kappa shape index (κ3) is 3.39. The van der Waals surface area contributed by atoms with Crippen molar-refractivity contribution in [1.82, 2.24) is 10.3 Å². The van der Waals surface area contributed by atoms with Gasteiger partial charge in [0.05, 0.1) is 6.04 Å². The van der Waals surface area contributed by atoms with Crippen LogP contribution in [0.15, 0.2) is 5.38 Å². The molecule has 1 aromatic rings. The predicted octanol–water partition coefficient (Wildman–Crippen LogP) is 3.29. The first kappa shape index (κ1) is 11.7. The van der Waals surface area contributed by atoms with Gasteiger partial charge in [-0.25, -0.2) is 4.98 Å². The van der Waals surface area contributed by atoms with E-state index in [2.05, 4.69) is 36.5 Å². The Labute approximate surface area is 90.8 Å². The Morgan fingerprint density at radius 3 is 2.71 bits per heavy atom. The van der Waals surface area contributed by atoms with Gasteiger partial charge in [0.1, 0.15) is 5.01 Å². The fourth-order valence-electron chi connectivity index (χ4n) is 1.59. The Balaban J connectivity index is 2.45. The Kier molecular flexibility index (Phi) is 4.55. The molecule has 0 aliphatic carbocycles. The standard InChI is InChI=1S/C11H20N2S/c1-5-6-8(2)12-10(4)11-13-9(3)7-14-11/h7-8,10,12H,5-6H2,1-4H3. The van der Waals surface area contributed by atoms with Crippen LogP contribution in [0.3, 0.4) is 0 Å². The van der Waals surface area contributed by atoms with Gasteiger partial charge in [0, 0.05) is 17.1 Å². The van der Waals surface area contributed by atoms with E-state index in [9.17, 15) is 0 Å². The lowest BCUT2D eigenvalue weighted by molar-refractivity contribution is 0.451. The van der Waals surface area contributed by atoms with Crippen molar-refractivity contribution in [2.45, 2.75) is 52.6 Å². The van der Waals surface area contributed by atoms with Crippen LogP contribution in [0.25, 0.3) is 0 Å². The summed E-state index contributed by atoms with van der Waals surface area (Å²) in [6.45, 7) is 8.68. The first-order chi connectivity index (χ1) is 6.63. The Bertz CT molecular complexity index is 270. The monoisotopic (exact) mass is 212 g/mol. The predicted molar refractivity (Wildman–Crippen MR) is 62.8 cm³/mol. The van der Waals surface area contributed by atoms with E-state index in [0.717, 1.165) is 5.69 Å². The van der Waals surface area contributed by atoms with E-state index in [1.165, 1.54) is 17.8 Å². The van der Waals surface area contributed by atoms with E-state index in [-0.39, 0.29) is 0 Å². The molecular weight excluding hydrogens is 192 g/mol. The summed E-state index contributed by atoms with van der Waals surface area (Å²) in [7, 11) is 0. The van der Waals surface area contributed by atoms with Crippen molar-refractivity contribution in [3.8, 4) is 0 Å². The third-order valence-corrected chi connectivity index (χ3v) is 3.41. The van der Waals surface area contributed by atoms with Crippen LogP contribution in [-0.4, -0.2) is 11.0 Å². The van der Waals surface area contributed by atoms with Crippen LogP contribution in [0.1, 0.15) is 50.4 Å². The fraction of sp³-hybridized carbons (Fsp3) is 0.727. The van der Waals surface area contributed by atoms with Gasteiger partial charge in [-0.2, -0.15) is 0 Å². The van der Waals surface area contributed by atoms with Gasteiger partial charge in [-0.05, 0) is 27.2 Å². The van der Waals surface area contributed by atoms with Crippen LogP contribution in [-0.2, 0) is 0 Å². The van der Waals surface area contributed by atoms with Crippen LogP contribution >= 0.6 is 11.3 Å². The second-order valence-corrected chi connectivity index (χ2v) is 4.79. The van der Waals surface area contributed by atoms with E-state index in [1.54, 1.807) is 11.3 Å². The molecule has 1 aromatic heterocycles.